The van der Waals surface area contributed by atoms with Crippen molar-refractivity contribution >= 4 is 11.6 Å². The van der Waals surface area contributed by atoms with Crippen molar-refractivity contribution in [3.05, 3.63) is 23.5 Å². The number of carbonyl (C=O) groups is 1. The van der Waals surface area contributed by atoms with Gasteiger partial charge in [-0.15, -0.1) is 13.2 Å². The van der Waals surface area contributed by atoms with Crippen LogP contribution in [0.2, 0.25) is 0 Å². The summed E-state index contributed by atoms with van der Waals surface area (Å²) < 4.78 is 52.1. The number of nitrogen functional groups attached to an aromatic ring is 1. The Balaban J connectivity index is 3.17. The maximum Gasteiger partial charge on any atom is 0.573 e. The number of alkyl halides is 3. The lowest BCUT2D eigenvalue weighted by Gasteiger charge is -2.12. The number of amides is 1. The Morgan fingerprint density at radius 1 is 1.31 bits per heavy atom. The van der Waals surface area contributed by atoms with E-state index in [0.29, 0.717) is 6.07 Å². The van der Waals surface area contributed by atoms with Gasteiger partial charge in [-0.05, 0) is 12.1 Å². The molecule has 1 amide bonds. The van der Waals surface area contributed by atoms with E-state index < -0.39 is 35.1 Å². The van der Waals surface area contributed by atoms with Gasteiger partial charge in [-0.1, -0.05) is 0 Å². The molecule has 0 heterocycles. The van der Waals surface area contributed by atoms with E-state index in [1.54, 1.807) is 0 Å². The predicted octanol–water partition coefficient (Wildman–Crippen LogP) is 1.41. The van der Waals surface area contributed by atoms with Crippen molar-refractivity contribution in [2.75, 3.05) is 5.73 Å². The molecule has 1 rings (SSSR count). The minimum atomic E-state index is -4.99. The Kier molecular flexibility index (Phi) is 2.92. The number of nitrogens with two attached hydrogens (primary N) is 2. The van der Waals surface area contributed by atoms with Crippen molar-refractivity contribution < 1.29 is 27.1 Å². The smallest absolute Gasteiger partial charge is 0.403 e. The van der Waals surface area contributed by atoms with Crippen LogP contribution in [0.4, 0.5) is 23.2 Å². The molecule has 8 heteroatoms. The van der Waals surface area contributed by atoms with Gasteiger partial charge in [-0.2, -0.15) is 0 Å². The molecule has 0 unspecified atom stereocenters. The molecule has 0 spiro atoms. The number of rotatable bonds is 2. The van der Waals surface area contributed by atoms with Crippen LogP contribution < -0.4 is 16.2 Å². The van der Waals surface area contributed by atoms with Gasteiger partial charge in [-0.3, -0.25) is 4.79 Å². The Labute approximate surface area is 86.8 Å². The summed E-state index contributed by atoms with van der Waals surface area (Å²) in [6.07, 6.45) is -4.99. The van der Waals surface area contributed by atoms with Gasteiger partial charge in [0.2, 0.25) is 0 Å². The van der Waals surface area contributed by atoms with Crippen molar-refractivity contribution in [1.29, 1.82) is 0 Å². The Hall–Kier alpha value is -1.99. The summed E-state index contributed by atoms with van der Waals surface area (Å²) >= 11 is 0. The fraction of sp³-hybridized carbons (Fsp3) is 0.125. The van der Waals surface area contributed by atoms with E-state index in [4.69, 9.17) is 11.5 Å². The molecule has 0 bridgehead atoms. The van der Waals surface area contributed by atoms with E-state index in [-0.39, 0.29) is 0 Å². The van der Waals surface area contributed by atoms with Gasteiger partial charge in [0, 0.05) is 0 Å². The lowest BCUT2D eigenvalue weighted by Crippen LogP contribution is -2.20. The third kappa shape index (κ3) is 2.53. The highest BCUT2D eigenvalue weighted by molar-refractivity contribution is 5.94. The minimum absolute atomic E-state index is 0.605. The first-order chi connectivity index (χ1) is 7.22. The average Bonchev–Trinajstić information content (AvgIpc) is 2.10. The summed E-state index contributed by atoms with van der Waals surface area (Å²) in [7, 11) is 0. The highest BCUT2D eigenvalue weighted by Gasteiger charge is 2.32. The molecule has 0 aliphatic rings. The zero-order chi connectivity index (χ0) is 12.5. The van der Waals surface area contributed by atoms with Crippen LogP contribution in [0.5, 0.6) is 5.75 Å². The molecule has 88 valence electrons. The minimum Gasteiger partial charge on any atom is -0.403 e. The van der Waals surface area contributed by atoms with Gasteiger partial charge in [0.25, 0.3) is 5.91 Å². The standard InChI is InChI=1S/C8H6F4N2O2/c9-5-3(7(14)15)1-2-4(6(5)13)16-8(10,11)12/h1-2H,13H2,(H2,14,15). The van der Waals surface area contributed by atoms with E-state index in [1.165, 1.54) is 0 Å². The van der Waals surface area contributed by atoms with Gasteiger partial charge < -0.3 is 16.2 Å². The number of halogens is 4. The topological polar surface area (TPSA) is 78.3 Å². The first-order valence-electron chi connectivity index (χ1n) is 3.86. The molecule has 1 aromatic rings. The fourth-order valence-corrected chi connectivity index (χ4v) is 0.979. The number of carbonyl (C=O) groups excluding carboxylic acids is 1. The van der Waals surface area contributed by atoms with E-state index >= 15 is 0 Å². The van der Waals surface area contributed by atoms with Gasteiger partial charge in [0.15, 0.2) is 11.6 Å². The predicted molar refractivity (Wildman–Crippen MR) is 46.0 cm³/mol. The third-order valence-corrected chi connectivity index (χ3v) is 1.63. The van der Waals surface area contributed by atoms with Crippen LogP contribution in [0.25, 0.3) is 0 Å². The molecule has 0 saturated heterocycles. The Bertz CT molecular complexity index is 431. The van der Waals surface area contributed by atoms with Gasteiger partial charge in [0.1, 0.15) is 5.69 Å². The van der Waals surface area contributed by atoms with Crippen LogP contribution in [0.3, 0.4) is 0 Å². The molecule has 16 heavy (non-hydrogen) atoms. The second-order valence-electron chi connectivity index (χ2n) is 2.75. The van der Waals surface area contributed by atoms with Crippen molar-refractivity contribution in [3.63, 3.8) is 0 Å². The maximum atomic E-state index is 13.2. The van der Waals surface area contributed by atoms with Crippen molar-refractivity contribution in [3.8, 4) is 5.75 Å². The third-order valence-electron chi connectivity index (χ3n) is 1.63. The quantitative estimate of drug-likeness (QED) is 0.603. The average molecular weight is 238 g/mol. The highest BCUT2D eigenvalue weighted by Crippen LogP contribution is 2.31. The molecule has 0 atom stereocenters. The molecule has 4 N–H and O–H groups in total. The maximum absolute atomic E-state index is 13.2. The van der Waals surface area contributed by atoms with Crippen LogP contribution in [0, 0.1) is 5.82 Å². The summed E-state index contributed by atoms with van der Waals surface area (Å²) in [6.45, 7) is 0. The van der Waals surface area contributed by atoms with E-state index in [0.717, 1.165) is 6.07 Å². The summed E-state index contributed by atoms with van der Waals surface area (Å²) in [5.74, 6) is -3.40. The molecule has 0 aliphatic heterocycles. The molecule has 0 aromatic heterocycles. The number of hydrogen-bond acceptors (Lipinski definition) is 3. The summed E-state index contributed by atoms with van der Waals surface area (Å²) in [5, 5.41) is 0. The lowest BCUT2D eigenvalue weighted by molar-refractivity contribution is -0.274. The molecule has 0 aliphatic carbocycles. The largest absolute Gasteiger partial charge is 0.573 e. The van der Waals surface area contributed by atoms with Crippen molar-refractivity contribution in [2.45, 2.75) is 6.36 Å². The molecule has 0 saturated carbocycles. The molecule has 4 nitrogen and oxygen atoms in total. The zero-order valence-corrected chi connectivity index (χ0v) is 7.64. The second kappa shape index (κ2) is 3.87. The van der Waals surface area contributed by atoms with Crippen LogP contribution in [-0.4, -0.2) is 12.3 Å². The molecule has 0 radical (unpaired) electrons. The van der Waals surface area contributed by atoms with E-state index in [9.17, 15) is 22.4 Å². The molecular formula is C8H6F4N2O2. The first-order valence-corrected chi connectivity index (χ1v) is 3.86. The number of hydrogen-bond donors (Lipinski definition) is 2. The van der Waals surface area contributed by atoms with Crippen molar-refractivity contribution in [2.24, 2.45) is 5.73 Å². The van der Waals surface area contributed by atoms with Gasteiger partial charge >= 0.3 is 6.36 Å². The number of ether oxygens (including phenoxy) is 1. The van der Waals surface area contributed by atoms with Crippen LogP contribution in [0.15, 0.2) is 12.1 Å². The lowest BCUT2D eigenvalue weighted by atomic mass is 10.1. The van der Waals surface area contributed by atoms with Crippen molar-refractivity contribution in [1.82, 2.24) is 0 Å². The van der Waals surface area contributed by atoms with E-state index in [1.807, 2.05) is 0 Å². The summed E-state index contributed by atoms with van der Waals surface area (Å²) in [5.41, 5.74) is 8.26. The monoisotopic (exact) mass is 238 g/mol. The van der Waals surface area contributed by atoms with E-state index in [2.05, 4.69) is 4.74 Å². The number of benzene rings is 1. The Morgan fingerprint density at radius 2 is 1.88 bits per heavy atom. The summed E-state index contributed by atoms with van der Waals surface area (Å²) in [4.78, 5) is 10.6. The molecule has 1 aromatic carbocycles. The van der Waals surface area contributed by atoms with Crippen LogP contribution >= 0.6 is 0 Å². The SMILES string of the molecule is NC(=O)c1ccc(OC(F)(F)F)c(N)c1F. The highest BCUT2D eigenvalue weighted by atomic mass is 19.4. The van der Waals surface area contributed by atoms with Crippen LogP contribution in [-0.2, 0) is 0 Å². The van der Waals surface area contributed by atoms with Crippen LogP contribution in [0.1, 0.15) is 10.4 Å². The number of primary amides is 1. The Morgan fingerprint density at radius 3 is 2.31 bits per heavy atom. The first kappa shape index (κ1) is 12.1. The second-order valence-corrected chi connectivity index (χ2v) is 2.75. The van der Waals surface area contributed by atoms with Gasteiger partial charge in [0.05, 0.1) is 5.56 Å². The van der Waals surface area contributed by atoms with Gasteiger partial charge in [-0.25, -0.2) is 4.39 Å². The molecular weight excluding hydrogens is 232 g/mol. The summed E-state index contributed by atoms with van der Waals surface area (Å²) in [6, 6.07) is 1.47. The normalized spacial score (nSPS) is 11.2. The fourth-order valence-electron chi connectivity index (χ4n) is 0.979. The molecule has 0 fully saturated rings. The number of anilines is 1. The zero-order valence-electron chi connectivity index (χ0n) is 7.64.